The zero-order chi connectivity index (χ0) is 17.8. The maximum Gasteiger partial charge on any atom is 0.123 e. The monoisotopic (exact) mass is 396 g/mol. The Morgan fingerprint density at radius 2 is 1.44 bits per heavy atom. The molecule has 0 saturated heterocycles. The Balaban J connectivity index is 1.94. The van der Waals surface area contributed by atoms with E-state index in [4.69, 9.17) is 0 Å². The Kier molecular flexibility index (Phi) is 5.10. The van der Waals surface area contributed by atoms with Gasteiger partial charge >= 0.3 is 0 Å². The van der Waals surface area contributed by atoms with Crippen LogP contribution in [0.15, 0.2) is 65.1 Å². The second kappa shape index (κ2) is 7.45. The van der Waals surface area contributed by atoms with Crippen molar-refractivity contribution in [3.8, 4) is 17.2 Å². The number of phenols is 3. The summed E-state index contributed by atoms with van der Waals surface area (Å²) in [7, 11) is 0. The van der Waals surface area contributed by atoms with Crippen LogP contribution in [0.3, 0.4) is 0 Å². The first-order chi connectivity index (χ1) is 12.0. The maximum atomic E-state index is 10.3. The van der Waals surface area contributed by atoms with Gasteiger partial charge in [0.25, 0.3) is 0 Å². The predicted octanol–water partition coefficient (Wildman–Crippen LogP) is 5.33. The van der Waals surface area contributed by atoms with Gasteiger partial charge in [-0.25, -0.2) is 0 Å². The standard InChI is InChI=1S/C21H17BrO3/c22-17-7-2-14(3-8-17)1-6-16-12-19(24)13-21(25)20(16)11-15-4-9-18(23)10-5-15/h1-10,12-13,23-25H,11H2/b6-1+. The molecular weight excluding hydrogens is 380 g/mol. The van der Waals surface area contributed by atoms with Gasteiger partial charge < -0.3 is 15.3 Å². The summed E-state index contributed by atoms with van der Waals surface area (Å²) in [5, 5.41) is 29.5. The third-order valence-electron chi connectivity index (χ3n) is 3.89. The molecule has 0 heterocycles. The van der Waals surface area contributed by atoms with Gasteiger partial charge in [0, 0.05) is 22.5 Å². The molecule has 0 fully saturated rings. The molecule has 0 spiro atoms. The number of hydrogen-bond acceptors (Lipinski definition) is 3. The van der Waals surface area contributed by atoms with Gasteiger partial charge in [0.1, 0.15) is 17.2 Å². The molecule has 0 bridgehead atoms. The minimum atomic E-state index is 0.0161. The van der Waals surface area contributed by atoms with Gasteiger partial charge in [-0.2, -0.15) is 0 Å². The highest BCUT2D eigenvalue weighted by atomic mass is 79.9. The summed E-state index contributed by atoms with van der Waals surface area (Å²) in [6.45, 7) is 0. The van der Waals surface area contributed by atoms with Crippen molar-refractivity contribution in [2.24, 2.45) is 0 Å². The molecule has 4 heteroatoms. The number of benzene rings is 3. The van der Waals surface area contributed by atoms with Crippen LogP contribution >= 0.6 is 15.9 Å². The first kappa shape index (κ1) is 17.1. The van der Waals surface area contributed by atoms with Crippen LogP contribution in [0.2, 0.25) is 0 Å². The van der Waals surface area contributed by atoms with Crippen molar-refractivity contribution in [3.05, 3.63) is 87.4 Å². The molecular formula is C21H17BrO3. The molecule has 0 radical (unpaired) electrons. The first-order valence-corrected chi connectivity index (χ1v) is 8.57. The molecule has 0 amide bonds. The second-order valence-electron chi connectivity index (χ2n) is 5.76. The predicted molar refractivity (Wildman–Crippen MR) is 104 cm³/mol. The molecule has 0 aliphatic carbocycles. The summed E-state index contributed by atoms with van der Waals surface area (Å²) < 4.78 is 1.01. The van der Waals surface area contributed by atoms with E-state index in [9.17, 15) is 15.3 Å². The van der Waals surface area contributed by atoms with Gasteiger partial charge in [-0.3, -0.25) is 0 Å². The molecule has 0 aromatic heterocycles. The zero-order valence-corrected chi connectivity index (χ0v) is 14.9. The highest BCUT2D eigenvalue weighted by Crippen LogP contribution is 2.31. The normalized spacial score (nSPS) is 11.1. The molecule has 0 aliphatic heterocycles. The molecule has 0 atom stereocenters. The molecule has 25 heavy (non-hydrogen) atoms. The lowest BCUT2D eigenvalue weighted by atomic mass is 9.97. The van der Waals surface area contributed by atoms with Gasteiger partial charge in [-0.15, -0.1) is 0 Å². The van der Waals surface area contributed by atoms with Crippen molar-refractivity contribution in [2.75, 3.05) is 0 Å². The molecule has 0 aliphatic rings. The van der Waals surface area contributed by atoms with Crippen molar-refractivity contribution in [1.82, 2.24) is 0 Å². The van der Waals surface area contributed by atoms with Crippen LogP contribution in [0.4, 0.5) is 0 Å². The van der Waals surface area contributed by atoms with E-state index in [1.54, 1.807) is 18.2 Å². The Bertz CT molecular complexity index is 898. The van der Waals surface area contributed by atoms with Crippen LogP contribution in [0.1, 0.15) is 22.3 Å². The molecule has 3 nitrogen and oxygen atoms in total. The van der Waals surface area contributed by atoms with Gasteiger partial charge in [0.05, 0.1) is 0 Å². The Morgan fingerprint density at radius 3 is 2.12 bits per heavy atom. The fraction of sp³-hybridized carbons (Fsp3) is 0.0476. The zero-order valence-electron chi connectivity index (χ0n) is 13.4. The van der Waals surface area contributed by atoms with Crippen LogP contribution in [0, 0.1) is 0 Å². The molecule has 3 aromatic rings. The summed E-state index contributed by atoms with van der Waals surface area (Å²) in [5.74, 6) is 0.264. The average Bonchev–Trinajstić information content (AvgIpc) is 2.59. The van der Waals surface area contributed by atoms with E-state index in [1.165, 1.54) is 6.07 Å². The van der Waals surface area contributed by atoms with E-state index in [0.717, 1.165) is 26.7 Å². The van der Waals surface area contributed by atoms with Gasteiger partial charge in [0.2, 0.25) is 0 Å². The average molecular weight is 397 g/mol. The van der Waals surface area contributed by atoms with Crippen LogP contribution in [0.5, 0.6) is 17.2 Å². The van der Waals surface area contributed by atoms with Crippen LogP contribution in [-0.2, 0) is 6.42 Å². The van der Waals surface area contributed by atoms with Crippen LogP contribution < -0.4 is 0 Å². The number of phenolic OH excluding ortho intramolecular Hbond substituents is 3. The third kappa shape index (κ3) is 4.43. The molecule has 3 aromatic carbocycles. The minimum absolute atomic E-state index is 0.0161. The van der Waals surface area contributed by atoms with Crippen molar-refractivity contribution in [3.63, 3.8) is 0 Å². The molecule has 0 unspecified atom stereocenters. The summed E-state index contributed by atoms with van der Waals surface area (Å²) >= 11 is 3.41. The lowest BCUT2D eigenvalue weighted by Crippen LogP contribution is -1.93. The summed E-state index contributed by atoms with van der Waals surface area (Å²) in [6.07, 6.45) is 4.30. The van der Waals surface area contributed by atoms with Crippen LogP contribution in [0.25, 0.3) is 12.2 Å². The smallest absolute Gasteiger partial charge is 0.123 e. The molecule has 3 N–H and O–H groups in total. The minimum Gasteiger partial charge on any atom is -0.508 e. The van der Waals surface area contributed by atoms with Gasteiger partial charge in [-0.05, 0) is 47.0 Å². The molecule has 126 valence electrons. The van der Waals surface area contributed by atoms with E-state index in [-0.39, 0.29) is 17.2 Å². The van der Waals surface area contributed by atoms with Crippen molar-refractivity contribution in [1.29, 1.82) is 0 Å². The van der Waals surface area contributed by atoms with E-state index in [0.29, 0.717) is 6.42 Å². The Hall–Kier alpha value is -2.72. The van der Waals surface area contributed by atoms with Gasteiger partial charge in [0.15, 0.2) is 0 Å². The largest absolute Gasteiger partial charge is 0.508 e. The quantitative estimate of drug-likeness (QED) is 0.522. The van der Waals surface area contributed by atoms with E-state index >= 15 is 0 Å². The van der Waals surface area contributed by atoms with Gasteiger partial charge in [-0.1, -0.05) is 52.3 Å². The topological polar surface area (TPSA) is 60.7 Å². The van der Waals surface area contributed by atoms with Crippen LogP contribution in [-0.4, -0.2) is 15.3 Å². The summed E-state index contributed by atoms with van der Waals surface area (Å²) in [4.78, 5) is 0. The highest BCUT2D eigenvalue weighted by molar-refractivity contribution is 9.10. The van der Waals surface area contributed by atoms with Crippen molar-refractivity contribution in [2.45, 2.75) is 6.42 Å². The Labute approximate surface area is 154 Å². The molecule has 0 saturated carbocycles. The summed E-state index contributed by atoms with van der Waals surface area (Å²) in [5.41, 5.74) is 3.43. The lowest BCUT2D eigenvalue weighted by molar-refractivity contribution is 0.446. The Morgan fingerprint density at radius 1 is 0.760 bits per heavy atom. The third-order valence-corrected chi connectivity index (χ3v) is 4.42. The highest BCUT2D eigenvalue weighted by Gasteiger charge is 2.10. The van der Waals surface area contributed by atoms with Crippen molar-refractivity contribution >= 4 is 28.1 Å². The second-order valence-corrected chi connectivity index (χ2v) is 6.68. The fourth-order valence-corrected chi connectivity index (χ4v) is 2.85. The first-order valence-electron chi connectivity index (χ1n) is 7.78. The maximum absolute atomic E-state index is 10.3. The van der Waals surface area contributed by atoms with Crippen molar-refractivity contribution < 1.29 is 15.3 Å². The molecule has 3 rings (SSSR count). The van der Waals surface area contributed by atoms with E-state index in [1.807, 2.05) is 48.6 Å². The SMILES string of the molecule is Oc1ccc(Cc2c(O)cc(O)cc2/C=C/c2ccc(Br)cc2)cc1. The van der Waals surface area contributed by atoms with E-state index < -0.39 is 0 Å². The van der Waals surface area contributed by atoms with E-state index in [2.05, 4.69) is 15.9 Å². The number of rotatable bonds is 4. The number of aromatic hydroxyl groups is 3. The number of halogens is 1. The lowest BCUT2D eigenvalue weighted by Gasteiger charge is -2.10. The summed E-state index contributed by atoms with van der Waals surface area (Å²) in [6, 6.07) is 17.7. The fourth-order valence-electron chi connectivity index (χ4n) is 2.58. The number of hydrogen-bond donors (Lipinski definition) is 3.